The van der Waals surface area contributed by atoms with E-state index < -0.39 is 11.7 Å². The summed E-state index contributed by atoms with van der Waals surface area (Å²) in [6, 6.07) is 11.8. The summed E-state index contributed by atoms with van der Waals surface area (Å²) in [4.78, 5) is 16.5. The molecule has 1 heterocycles. The first-order valence-electron chi connectivity index (χ1n) is 7.69. The molecule has 0 bridgehead atoms. The second kappa shape index (κ2) is 6.96. The van der Waals surface area contributed by atoms with Gasteiger partial charge in [0.25, 0.3) is 5.56 Å². The summed E-state index contributed by atoms with van der Waals surface area (Å²) < 4.78 is 44.8. The maximum atomic E-state index is 12.6. The molecule has 0 saturated heterocycles. The van der Waals surface area contributed by atoms with E-state index in [1.165, 1.54) is 23.0 Å². The van der Waals surface area contributed by atoms with Gasteiger partial charge in [-0.3, -0.25) is 9.36 Å². The Labute approximate surface area is 141 Å². The van der Waals surface area contributed by atoms with Gasteiger partial charge in [0.05, 0.1) is 29.4 Å². The summed E-state index contributed by atoms with van der Waals surface area (Å²) in [7, 11) is 0. The third-order valence-electron chi connectivity index (χ3n) is 3.70. The topological polar surface area (TPSA) is 44.1 Å². The Hall–Kier alpha value is -2.83. The number of fused-ring (bicyclic) bond motifs is 1. The molecule has 0 fully saturated rings. The minimum Gasteiger partial charge on any atom is -0.494 e. The molecule has 25 heavy (non-hydrogen) atoms. The van der Waals surface area contributed by atoms with E-state index in [1.54, 1.807) is 18.2 Å². The van der Waals surface area contributed by atoms with Gasteiger partial charge < -0.3 is 4.74 Å². The van der Waals surface area contributed by atoms with Crippen LogP contribution in [0.15, 0.2) is 59.7 Å². The SMILES string of the molecule is O=c1c2ccccc2ncn1CCCOc1cccc(C(F)(F)F)c1. The fraction of sp³-hybridized carbons (Fsp3) is 0.222. The number of aromatic nitrogens is 2. The third-order valence-corrected chi connectivity index (χ3v) is 3.70. The smallest absolute Gasteiger partial charge is 0.416 e. The lowest BCUT2D eigenvalue weighted by molar-refractivity contribution is -0.137. The molecule has 0 unspecified atom stereocenters. The molecule has 0 aliphatic rings. The van der Waals surface area contributed by atoms with Crippen LogP contribution in [0.25, 0.3) is 10.9 Å². The van der Waals surface area contributed by atoms with E-state index in [0.29, 0.717) is 23.9 Å². The number of hydrogen-bond acceptors (Lipinski definition) is 3. The molecule has 0 radical (unpaired) electrons. The molecule has 0 amide bonds. The Morgan fingerprint density at radius 1 is 1.08 bits per heavy atom. The highest BCUT2D eigenvalue weighted by Gasteiger charge is 2.30. The first-order valence-corrected chi connectivity index (χ1v) is 7.69. The number of alkyl halides is 3. The average Bonchev–Trinajstić information content (AvgIpc) is 2.60. The van der Waals surface area contributed by atoms with E-state index in [9.17, 15) is 18.0 Å². The molecular weight excluding hydrogens is 333 g/mol. The van der Waals surface area contributed by atoms with Crippen molar-refractivity contribution in [3.63, 3.8) is 0 Å². The van der Waals surface area contributed by atoms with E-state index in [4.69, 9.17) is 4.74 Å². The number of ether oxygens (including phenoxy) is 1. The minimum atomic E-state index is -4.40. The zero-order valence-corrected chi connectivity index (χ0v) is 13.2. The van der Waals surface area contributed by atoms with Crippen LogP contribution in [0.1, 0.15) is 12.0 Å². The van der Waals surface area contributed by atoms with Crippen LogP contribution in [0.5, 0.6) is 5.75 Å². The van der Waals surface area contributed by atoms with Crippen molar-refractivity contribution >= 4 is 10.9 Å². The van der Waals surface area contributed by atoms with Crippen molar-refractivity contribution in [3.05, 3.63) is 70.8 Å². The number of benzene rings is 2. The van der Waals surface area contributed by atoms with Gasteiger partial charge in [0, 0.05) is 6.54 Å². The maximum Gasteiger partial charge on any atom is 0.416 e. The van der Waals surface area contributed by atoms with Gasteiger partial charge in [-0.05, 0) is 36.8 Å². The van der Waals surface area contributed by atoms with Crippen molar-refractivity contribution in [1.29, 1.82) is 0 Å². The van der Waals surface area contributed by atoms with Crippen molar-refractivity contribution in [2.45, 2.75) is 19.1 Å². The maximum absolute atomic E-state index is 12.6. The molecule has 0 aliphatic carbocycles. The van der Waals surface area contributed by atoms with Crippen molar-refractivity contribution in [1.82, 2.24) is 9.55 Å². The summed E-state index contributed by atoms with van der Waals surface area (Å²) in [5, 5.41) is 0.531. The van der Waals surface area contributed by atoms with E-state index in [0.717, 1.165) is 12.1 Å². The molecule has 130 valence electrons. The lowest BCUT2D eigenvalue weighted by Crippen LogP contribution is -2.21. The average molecular weight is 348 g/mol. The Bertz CT molecular complexity index is 935. The van der Waals surface area contributed by atoms with Crippen LogP contribution in [0.3, 0.4) is 0 Å². The van der Waals surface area contributed by atoms with Crippen LogP contribution in [0.4, 0.5) is 13.2 Å². The summed E-state index contributed by atoms with van der Waals surface area (Å²) in [6.07, 6.45) is -2.46. The van der Waals surface area contributed by atoms with E-state index in [1.807, 2.05) is 6.07 Å². The van der Waals surface area contributed by atoms with Crippen molar-refractivity contribution in [2.24, 2.45) is 0 Å². The quantitative estimate of drug-likeness (QED) is 0.657. The second-order valence-corrected chi connectivity index (χ2v) is 5.49. The number of hydrogen-bond donors (Lipinski definition) is 0. The van der Waals surface area contributed by atoms with Gasteiger partial charge in [0.2, 0.25) is 0 Å². The molecule has 0 atom stereocenters. The third kappa shape index (κ3) is 3.99. The van der Waals surface area contributed by atoms with Crippen molar-refractivity contribution in [3.8, 4) is 5.75 Å². The Kier molecular flexibility index (Phi) is 4.74. The summed E-state index contributed by atoms with van der Waals surface area (Å²) in [5.41, 5.74) is -0.270. The number of para-hydroxylation sites is 1. The molecule has 4 nitrogen and oxygen atoms in total. The lowest BCUT2D eigenvalue weighted by Gasteiger charge is -2.11. The van der Waals surface area contributed by atoms with E-state index >= 15 is 0 Å². The Balaban J connectivity index is 1.61. The summed E-state index contributed by atoms with van der Waals surface area (Å²) in [5.74, 6) is 0.152. The fourth-order valence-electron chi connectivity index (χ4n) is 2.45. The monoisotopic (exact) mass is 348 g/mol. The zero-order valence-electron chi connectivity index (χ0n) is 13.2. The molecule has 3 aromatic rings. The summed E-state index contributed by atoms with van der Waals surface area (Å²) in [6.45, 7) is 0.566. The van der Waals surface area contributed by atoms with Crippen LogP contribution in [0.2, 0.25) is 0 Å². The first kappa shape index (κ1) is 17.0. The van der Waals surface area contributed by atoms with E-state index in [2.05, 4.69) is 4.98 Å². The van der Waals surface area contributed by atoms with Gasteiger partial charge >= 0.3 is 6.18 Å². The normalized spacial score (nSPS) is 11.6. The molecule has 0 N–H and O–H groups in total. The standard InChI is InChI=1S/C18H15F3N2O2/c19-18(20,21)13-5-3-6-14(11-13)25-10-4-9-23-12-22-16-8-2-1-7-15(16)17(23)24/h1-3,5-8,11-12H,4,9-10H2. The highest BCUT2D eigenvalue weighted by Crippen LogP contribution is 2.31. The van der Waals surface area contributed by atoms with Gasteiger partial charge in [-0.1, -0.05) is 18.2 Å². The van der Waals surface area contributed by atoms with Crippen LogP contribution in [0, 0.1) is 0 Å². The molecule has 0 spiro atoms. The number of rotatable bonds is 5. The van der Waals surface area contributed by atoms with Crippen molar-refractivity contribution in [2.75, 3.05) is 6.61 Å². The molecule has 0 saturated carbocycles. The zero-order chi connectivity index (χ0) is 17.9. The second-order valence-electron chi connectivity index (χ2n) is 5.49. The van der Waals surface area contributed by atoms with Crippen LogP contribution in [-0.4, -0.2) is 16.2 Å². The Morgan fingerprint density at radius 2 is 1.88 bits per heavy atom. The van der Waals surface area contributed by atoms with Crippen LogP contribution < -0.4 is 10.3 Å². The molecule has 7 heteroatoms. The van der Waals surface area contributed by atoms with Crippen LogP contribution >= 0.6 is 0 Å². The number of aryl methyl sites for hydroxylation is 1. The number of nitrogens with zero attached hydrogens (tertiary/aromatic N) is 2. The highest BCUT2D eigenvalue weighted by atomic mass is 19.4. The molecule has 0 aliphatic heterocycles. The highest BCUT2D eigenvalue weighted by molar-refractivity contribution is 5.76. The van der Waals surface area contributed by atoms with Gasteiger partial charge in [0.1, 0.15) is 5.75 Å². The lowest BCUT2D eigenvalue weighted by atomic mass is 10.2. The predicted octanol–water partition coefficient (Wildman–Crippen LogP) is 3.88. The molecule has 1 aromatic heterocycles. The van der Waals surface area contributed by atoms with E-state index in [-0.39, 0.29) is 17.9 Å². The molecule has 3 rings (SSSR count). The predicted molar refractivity (Wildman–Crippen MR) is 87.6 cm³/mol. The fourth-order valence-corrected chi connectivity index (χ4v) is 2.45. The molecular formula is C18H15F3N2O2. The first-order chi connectivity index (χ1) is 11.9. The van der Waals surface area contributed by atoms with Crippen LogP contribution in [-0.2, 0) is 12.7 Å². The Morgan fingerprint density at radius 3 is 2.68 bits per heavy atom. The van der Waals surface area contributed by atoms with Crippen molar-refractivity contribution < 1.29 is 17.9 Å². The minimum absolute atomic E-state index is 0.148. The largest absolute Gasteiger partial charge is 0.494 e. The molecule has 2 aromatic carbocycles. The van der Waals surface area contributed by atoms with Gasteiger partial charge in [-0.15, -0.1) is 0 Å². The van der Waals surface area contributed by atoms with Gasteiger partial charge in [-0.25, -0.2) is 4.98 Å². The summed E-state index contributed by atoms with van der Waals surface area (Å²) >= 11 is 0. The van der Waals surface area contributed by atoms with Gasteiger partial charge in [-0.2, -0.15) is 13.2 Å². The number of halogens is 3. The van der Waals surface area contributed by atoms with Gasteiger partial charge in [0.15, 0.2) is 0 Å².